The lowest BCUT2D eigenvalue weighted by molar-refractivity contribution is -0.118. The molecule has 0 bridgehead atoms. The van der Waals surface area contributed by atoms with Crippen molar-refractivity contribution in [3.63, 3.8) is 0 Å². The molecule has 5 heteroatoms. The number of benzene rings is 2. The smallest absolute Gasteiger partial charge is 0.247 e. The van der Waals surface area contributed by atoms with Crippen LogP contribution in [0.2, 0.25) is 0 Å². The summed E-state index contributed by atoms with van der Waals surface area (Å²) in [5, 5.41) is 3.64. The van der Waals surface area contributed by atoms with E-state index in [1.807, 2.05) is 11.5 Å². The fourth-order valence-electron chi connectivity index (χ4n) is 2.52. The van der Waals surface area contributed by atoms with Crippen molar-refractivity contribution in [2.24, 2.45) is 0 Å². The number of methoxy groups -OCH3 is 1. The van der Waals surface area contributed by atoms with Crippen LogP contribution in [0.15, 0.2) is 54.7 Å². The lowest BCUT2D eigenvalue weighted by atomic mass is 10.2. The molecule has 0 radical (unpaired) electrons. The molecule has 2 aromatic carbocycles. The quantitative estimate of drug-likeness (QED) is 0.791. The highest BCUT2D eigenvalue weighted by molar-refractivity contribution is 5.95. The number of nitrogens with one attached hydrogen (secondary N) is 1. The van der Waals surface area contributed by atoms with Crippen molar-refractivity contribution in [1.82, 2.24) is 4.57 Å². The van der Waals surface area contributed by atoms with Crippen LogP contribution in [0.25, 0.3) is 10.9 Å². The van der Waals surface area contributed by atoms with Crippen LogP contribution in [-0.4, -0.2) is 17.6 Å². The average Bonchev–Trinajstić information content (AvgIpc) is 2.97. The van der Waals surface area contributed by atoms with Gasteiger partial charge in [-0.3, -0.25) is 4.79 Å². The molecule has 1 unspecified atom stereocenters. The van der Waals surface area contributed by atoms with E-state index in [1.54, 1.807) is 49.7 Å². The van der Waals surface area contributed by atoms with Crippen LogP contribution in [0.3, 0.4) is 0 Å². The Hall–Kier alpha value is -2.82. The summed E-state index contributed by atoms with van der Waals surface area (Å²) in [6.45, 7) is 1.81. The van der Waals surface area contributed by atoms with Crippen molar-refractivity contribution in [2.45, 2.75) is 13.0 Å². The number of nitrogens with zero attached hydrogens (tertiary/aromatic N) is 1. The van der Waals surface area contributed by atoms with Crippen LogP contribution in [0, 0.1) is 5.82 Å². The normalized spacial score (nSPS) is 12.1. The molecule has 4 nitrogen and oxygen atoms in total. The molecule has 1 heterocycles. The Balaban J connectivity index is 1.80. The van der Waals surface area contributed by atoms with Crippen LogP contribution in [-0.2, 0) is 4.79 Å². The van der Waals surface area contributed by atoms with E-state index in [1.165, 1.54) is 12.1 Å². The summed E-state index contributed by atoms with van der Waals surface area (Å²) in [5.41, 5.74) is 1.52. The van der Waals surface area contributed by atoms with Crippen molar-refractivity contribution >= 4 is 22.5 Å². The van der Waals surface area contributed by atoms with Gasteiger partial charge in [0.25, 0.3) is 0 Å². The predicted octanol–water partition coefficient (Wildman–Crippen LogP) is 3.99. The van der Waals surface area contributed by atoms with Gasteiger partial charge in [-0.15, -0.1) is 0 Å². The van der Waals surface area contributed by atoms with E-state index in [4.69, 9.17) is 4.74 Å². The van der Waals surface area contributed by atoms with E-state index in [2.05, 4.69) is 5.32 Å². The third kappa shape index (κ3) is 3.04. The molecule has 1 amide bonds. The molecule has 3 rings (SSSR count). The Bertz CT molecular complexity index is 840. The maximum absolute atomic E-state index is 13.3. The van der Waals surface area contributed by atoms with Gasteiger partial charge in [0.1, 0.15) is 17.6 Å². The third-order valence-electron chi connectivity index (χ3n) is 3.84. The second kappa shape index (κ2) is 6.12. The summed E-state index contributed by atoms with van der Waals surface area (Å²) in [6.07, 6.45) is 1.79. The van der Waals surface area contributed by atoms with Crippen molar-refractivity contribution in [1.29, 1.82) is 0 Å². The molecule has 1 aromatic heterocycles. The predicted molar refractivity (Wildman–Crippen MR) is 88.2 cm³/mol. The summed E-state index contributed by atoms with van der Waals surface area (Å²) < 4.78 is 20.2. The van der Waals surface area contributed by atoms with Gasteiger partial charge in [-0.25, -0.2) is 4.39 Å². The minimum atomic E-state index is -0.417. The standard InChI is InChI=1S/C18H17FN2O2/c1-12(18(22)20-15-4-6-16(23-2)7-5-15)21-10-9-13-11-14(19)3-8-17(13)21/h3-12H,1-2H3,(H,20,22). The minimum absolute atomic E-state index is 0.142. The molecule has 0 saturated carbocycles. The zero-order chi connectivity index (χ0) is 16.4. The van der Waals surface area contributed by atoms with Gasteiger partial charge in [0.15, 0.2) is 0 Å². The zero-order valence-electron chi connectivity index (χ0n) is 12.9. The molecule has 0 aliphatic heterocycles. The number of anilines is 1. The van der Waals surface area contributed by atoms with Gasteiger partial charge in [-0.1, -0.05) is 0 Å². The molecule has 0 aliphatic carbocycles. The molecule has 1 N–H and O–H groups in total. The van der Waals surface area contributed by atoms with Gasteiger partial charge in [0.05, 0.1) is 7.11 Å². The molecular formula is C18H17FN2O2. The number of amides is 1. The lowest BCUT2D eigenvalue weighted by Gasteiger charge is -2.15. The number of hydrogen-bond donors (Lipinski definition) is 1. The highest BCUT2D eigenvalue weighted by atomic mass is 19.1. The molecule has 0 saturated heterocycles. The number of fused-ring (bicyclic) bond motifs is 1. The second-order valence-corrected chi connectivity index (χ2v) is 5.32. The fourth-order valence-corrected chi connectivity index (χ4v) is 2.52. The van der Waals surface area contributed by atoms with Crippen LogP contribution in [0.5, 0.6) is 5.75 Å². The van der Waals surface area contributed by atoms with E-state index in [9.17, 15) is 9.18 Å². The van der Waals surface area contributed by atoms with Gasteiger partial charge in [-0.05, 0) is 55.5 Å². The molecule has 23 heavy (non-hydrogen) atoms. The third-order valence-corrected chi connectivity index (χ3v) is 3.84. The number of carbonyl (C=O) groups is 1. The van der Waals surface area contributed by atoms with E-state index in [0.717, 1.165) is 16.7 Å². The second-order valence-electron chi connectivity index (χ2n) is 5.32. The largest absolute Gasteiger partial charge is 0.497 e. The first-order chi connectivity index (χ1) is 11.1. The number of ether oxygens (including phenoxy) is 1. The Labute approximate surface area is 133 Å². The molecule has 3 aromatic rings. The topological polar surface area (TPSA) is 43.3 Å². The zero-order valence-corrected chi connectivity index (χ0v) is 12.9. The van der Waals surface area contributed by atoms with Crippen molar-refractivity contribution in [3.05, 3.63) is 60.5 Å². The van der Waals surface area contributed by atoms with Crippen LogP contribution in [0.1, 0.15) is 13.0 Å². The molecule has 118 valence electrons. The van der Waals surface area contributed by atoms with Gasteiger partial charge in [-0.2, -0.15) is 0 Å². The van der Waals surface area contributed by atoms with Crippen LogP contribution in [0.4, 0.5) is 10.1 Å². The molecule has 0 spiro atoms. The fraction of sp³-hybridized carbons (Fsp3) is 0.167. The van der Waals surface area contributed by atoms with Crippen molar-refractivity contribution in [3.8, 4) is 5.75 Å². The number of carbonyl (C=O) groups excluding carboxylic acids is 1. The molecular weight excluding hydrogens is 295 g/mol. The first-order valence-corrected chi connectivity index (χ1v) is 7.29. The first-order valence-electron chi connectivity index (χ1n) is 7.29. The number of aromatic nitrogens is 1. The van der Waals surface area contributed by atoms with E-state index in [0.29, 0.717) is 5.69 Å². The number of halogens is 1. The molecule has 1 atom stereocenters. The summed E-state index contributed by atoms with van der Waals surface area (Å²) in [7, 11) is 1.59. The van der Waals surface area contributed by atoms with Gasteiger partial charge in [0.2, 0.25) is 5.91 Å². The molecule has 0 aliphatic rings. The van der Waals surface area contributed by atoms with E-state index in [-0.39, 0.29) is 11.7 Å². The maximum Gasteiger partial charge on any atom is 0.247 e. The Morgan fingerprint density at radius 3 is 2.61 bits per heavy atom. The minimum Gasteiger partial charge on any atom is -0.497 e. The van der Waals surface area contributed by atoms with E-state index < -0.39 is 6.04 Å². The molecule has 0 fully saturated rings. The van der Waals surface area contributed by atoms with Crippen LogP contribution >= 0.6 is 0 Å². The lowest BCUT2D eigenvalue weighted by Crippen LogP contribution is -2.23. The average molecular weight is 312 g/mol. The highest BCUT2D eigenvalue weighted by Gasteiger charge is 2.17. The van der Waals surface area contributed by atoms with Crippen molar-refractivity contribution in [2.75, 3.05) is 12.4 Å². The first kappa shape index (κ1) is 15.1. The van der Waals surface area contributed by atoms with Crippen LogP contribution < -0.4 is 10.1 Å². The Morgan fingerprint density at radius 1 is 1.17 bits per heavy atom. The summed E-state index contributed by atoms with van der Waals surface area (Å²) in [4.78, 5) is 12.4. The van der Waals surface area contributed by atoms with Gasteiger partial charge < -0.3 is 14.6 Å². The Morgan fingerprint density at radius 2 is 1.91 bits per heavy atom. The monoisotopic (exact) mass is 312 g/mol. The summed E-state index contributed by atoms with van der Waals surface area (Å²) >= 11 is 0. The summed E-state index contributed by atoms with van der Waals surface area (Å²) in [5.74, 6) is 0.303. The van der Waals surface area contributed by atoms with Gasteiger partial charge in [0, 0.05) is 22.8 Å². The maximum atomic E-state index is 13.3. The van der Waals surface area contributed by atoms with Gasteiger partial charge >= 0.3 is 0 Å². The highest BCUT2D eigenvalue weighted by Crippen LogP contribution is 2.22. The Kier molecular flexibility index (Phi) is 4.02. The SMILES string of the molecule is COc1ccc(NC(=O)C(C)n2ccc3cc(F)ccc32)cc1. The number of hydrogen-bond acceptors (Lipinski definition) is 2. The summed E-state index contributed by atoms with van der Waals surface area (Å²) in [6, 6.07) is 13.1. The van der Waals surface area contributed by atoms with E-state index >= 15 is 0 Å². The number of rotatable bonds is 4. The van der Waals surface area contributed by atoms with Crippen molar-refractivity contribution < 1.29 is 13.9 Å².